The van der Waals surface area contributed by atoms with E-state index in [9.17, 15) is 48.6 Å². The number of aliphatic hydroxyl groups excluding tert-OH is 1. The molecule has 8 amide bonds. The molecule has 0 aliphatic carbocycles. The zero-order chi connectivity index (χ0) is 59.3. The van der Waals surface area contributed by atoms with E-state index in [0.717, 1.165) is 55.8 Å². The van der Waals surface area contributed by atoms with Crippen LogP contribution in [0.5, 0.6) is 5.75 Å². The molecule has 436 valence electrons. The average Bonchev–Trinajstić information content (AvgIpc) is 3.84. The number of unbranched alkanes of at least 4 members (excludes halogenated alkanes) is 1. The lowest BCUT2D eigenvalue weighted by Crippen LogP contribution is -2.62. The van der Waals surface area contributed by atoms with Crippen molar-refractivity contribution in [3.8, 4) is 5.75 Å². The molecule has 1 fully saturated rings. The molecule has 17 N–H and O–H groups in total. The first kappa shape index (κ1) is 64.1. The van der Waals surface area contributed by atoms with Gasteiger partial charge in [-0.2, -0.15) is 0 Å². The Morgan fingerprint density at radius 3 is 1.96 bits per heavy atom. The molecule has 4 aromatic carbocycles. The van der Waals surface area contributed by atoms with Crippen LogP contribution in [0, 0.1) is 5.92 Å². The van der Waals surface area contributed by atoms with Crippen molar-refractivity contribution < 1.29 is 58.5 Å². The number of para-hydroxylation sites is 1. The summed E-state index contributed by atoms with van der Waals surface area (Å²) in [6.07, 6.45) is 1.05. The molecular weight excluding hydrogens is 1080 g/mol. The summed E-state index contributed by atoms with van der Waals surface area (Å²) in [5.41, 5.74) is 20.5. The quantitative estimate of drug-likeness (QED) is 0.0455. The van der Waals surface area contributed by atoms with E-state index in [2.05, 4.69) is 42.2 Å². The molecule has 25 heteroatoms. The number of fused-ring (bicyclic) bond motifs is 2. The molecule has 6 rings (SSSR count). The van der Waals surface area contributed by atoms with Crippen molar-refractivity contribution in [1.29, 1.82) is 0 Å². The van der Waals surface area contributed by atoms with Gasteiger partial charge >= 0.3 is 0 Å². The Bertz CT molecular complexity index is 2990. The second-order valence-electron chi connectivity index (χ2n) is 20.0. The number of aromatic nitrogens is 1. The zero-order valence-electron chi connectivity index (χ0n) is 45.4. The monoisotopic (exact) mass is 1160 g/mol. The second kappa shape index (κ2) is 31.3. The standard InChI is InChI=1S/C54H69N11O10S2.C2H4O2/c1-29(2)45-54(75)63-44(53(74)65-46(30(3)66)47(57)68)28-77-76-27-43(62-48(69)38(56)23-32-15-18-33-10-4-5-11-34(33)22-32)52(73)60-41(24-31-16-19-36(67)20-17-31)50(71)61-42(25-35-26-58-39-13-7-6-12-37(35)39)51(72)59-40(49(70)64-45)14-8-9-21-55;1-2(3)4/h4-7,10-13,15-20,22,26,29-30,38,40-46,58,66-67H,8-9,14,21,23-25,27-28,55-56H2,1-3H3,(H2,57,68)(H,59,72)(H,60,73)(H,61,71)(H,62,69)(H,63,75)(H,64,70)(H,65,74);1H3,(H,3,4)/t30?,38?,40-,41-,42+,43+,44+,45-,46?;/m0./s1. The molecule has 0 saturated carbocycles. The molecule has 0 radical (unpaired) electrons. The van der Waals surface area contributed by atoms with E-state index in [1.54, 1.807) is 32.2 Å². The molecule has 2 heterocycles. The van der Waals surface area contributed by atoms with Crippen molar-refractivity contribution in [3.63, 3.8) is 0 Å². The molecule has 5 aromatic rings. The predicted molar refractivity (Wildman–Crippen MR) is 310 cm³/mol. The SMILES string of the molecule is CC(=O)O.CC(O)C(NC(=O)[C@H]1CSSC[C@@H](NC(=O)C(N)Cc2ccc3ccccc3c2)C(=O)N[C@@H](Cc2ccc(O)cc2)C(=O)N[C@H](Cc2c[nH]c3ccccc23)C(=O)N[C@@H](CCCCN)C(=O)N[C@@H](C(C)C)C(=O)N1)C(N)=O. The van der Waals surface area contributed by atoms with Gasteiger partial charge in [0.2, 0.25) is 47.3 Å². The number of aliphatic hydroxyl groups is 1. The molecular formula is C56H73N11O12S2. The Labute approximate surface area is 476 Å². The van der Waals surface area contributed by atoms with Crippen molar-refractivity contribution in [2.45, 2.75) is 121 Å². The smallest absolute Gasteiger partial charge is 0.300 e. The minimum atomic E-state index is -1.55. The molecule has 0 bridgehead atoms. The number of benzene rings is 4. The van der Waals surface area contributed by atoms with Gasteiger partial charge in [0.05, 0.1) is 12.1 Å². The zero-order valence-corrected chi connectivity index (χ0v) is 47.1. The van der Waals surface area contributed by atoms with Crippen LogP contribution in [0.4, 0.5) is 0 Å². The minimum Gasteiger partial charge on any atom is -0.508 e. The first-order chi connectivity index (χ1) is 38.5. The van der Waals surface area contributed by atoms with Gasteiger partial charge in [0.1, 0.15) is 48.0 Å². The summed E-state index contributed by atoms with van der Waals surface area (Å²) >= 11 is 0. The predicted octanol–water partition coefficient (Wildman–Crippen LogP) is 0.913. The molecule has 1 aliphatic rings. The number of amides is 8. The van der Waals surface area contributed by atoms with Crippen molar-refractivity contribution >= 4 is 96.5 Å². The number of phenolic OH excluding ortho intramolecular Hbond substituents is 1. The maximum Gasteiger partial charge on any atom is 0.300 e. The highest BCUT2D eigenvalue weighted by atomic mass is 33.1. The topological polar surface area (TPSA) is 392 Å². The molecule has 1 saturated heterocycles. The van der Waals surface area contributed by atoms with E-state index in [1.807, 2.05) is 66.7 Å². The van der Waals surface area contributed by atoms with E-state index < -0.39 is 114 Å². The first-order valence-corrected chi connectivity index (χ1v) is 28.8. The van der Waals surface area contributed by atoms with Crippen LogP contribution in [0.15, 0.2) is 97.2 Å². The van der Waals surface area contributed by atoms with Gasteiger partial charge in [0, 0.05) is 48.4 Å². The molecule has 3 unspecified atom stereocenters. The maximum absolute atomic E-state index is 14.9. The molecule has 81 heavy (non-hydrogen) atoms. The molecule has 9 atom stereocenters. The van der Waals surface area contributed by atoms with Gasteiger partial charge in [-0.05, 0) is 90.7 Å². The lowest BCUT2D eigenvalue weighted by atomic mass is 10.00. The number of carboxylic acid groups (broad SMARTS) is 1. The van der Waals surface area contributed by atoms with Crippen molar-refractivity contribution in [2.75, 3.05) is 18.1 Å². The summed E-state index contributed by atoms with van der Waals surface area (Å²) in [6, 6.07) is 15.8. The summed E-state index contributed by atoms with van der Waals surface area (Å²) in [4.78, 5) is 125. The summed E-state index contributed by atoms with van der Waals surface area (Å²) in [7, 11) is 2.03. The Balaban J connectivity index is 0.00000291. The van der Waals surface area contributed by atoms with Gasteiger partial charge < -0.3 is 74.7 Å². The number of hydrogen-bond donors (Lipinski definition) is 14. The van der Waals surface area contributed by atoms with Crippen LogP contribution < -0.4 is 54.4 Å². The Hall–Kier alpha value is -7.71. The number of aromatic hydroxyl groups is 1. The van der Waals surface area contributed by atoms with Crippen LogP contribution in [0.2, 0.25) is 0 Å². The number of carboxylic acids is 1. The van der Waals surface area contributed by atoms with E-state index in [4.69, 9.17) is 27.1 Å². The highest BCUT2D eigenvalue weighted by Crippen LogP contribution is 2.25. The highest BCUT2D eigenvalue weighted by molar-refractivity contribution is 8.76. The number of carbonyl (C=O) groups excluding carboxylic acids is 8. The summed E-state index contributed by atoms with van der Waals surface area (Å²) in [6.45, 7) is 5.93. The first-order valence-electron chi connectivity index (χ1n) is 26.3. The highest BCUT2D eigenvalue weighted by Gasteiger charge is 2.36. The number of hydrogen-bond acceptors (Lipinski definition) is 15. The third-order valence-electron chi connectivity index (χ3n) is 13.1. The number of H-pyrrole nitrogens is 1. The van der Waals surface area contributed by atoms with Crippen LogP contribution in [0.1, 0.15) is 63.6 Å². The largest absolute Gasteiger partial charge is 0.508 e. The van der Waals surface area contributed by atoms with Crippen LogP contribution >= 0.6 is 21.6 Å². The number of rotatable bonds is 17. The van der Waals surface area contributed by atoms with Crippen molar-refractivity contribution in [2.24, 2.45) is 23.1 Å². The normalized spacial score (nSPS) is 20.9. The van der Waals surface area contributed by atoms with E-state index in [-0.39, 0.29) is 49.5 Å². The molecule has 1 aliphatic heterocycles. The van der Waals surface area contributed by atoms with Crippen LogP contribution in [0.3, 0.4) is 0 Å². The van der Waals surface area contributed by atoms with Crippen molar-refractivity contribution in [3.05, 3.63) is 114 Å². The number of aliphatic carboxylic acids is 1. The van der Waals surface area contributed by atoms with Crippen molar-refractivity contribution in [1.82, 2.24) is 42.2 Å². The number of phenols is 1. The number of primary amides is 1. The van der Waals surface area contributed by atoms with Gasteiger partial charge in [0.25, 0.3) is 5.97 Å². The minimum absolute atomic E-state index is 0.0501. The summed E-state index contributed by atoms with van der Waals surface area (Å²) in [5, 5.41) is 49.5. The van der Waals surface area contributed by atoms with Gasteiger partial charge in [0.15, 0.2) is 0 Å². The summed E-state index contributed by atoms with van der Waals surface area (Å²) in [5.74, 6) is -8.50. The molecule has 0 spiro atoms. The fraction of sp³-hybridized carbons (Fsp3) is 0.411. The van der Waals surface area contributed by atoms with Gasteiger partial charge in [-0.3, -0.25) is 43.2 Å². The lowest BCUT2D eigenvalue weighted by molar-refractivity contribution is -0.136. The molecule has 23 nitrogen and oxygen atoms in total. The Kier molecular flexibility index (Phi) is 24.8. The fourth-order valence-corrected chi connectivity index (χ4v) is 11.0. The fourth-order valence-electron chi connectivity index (χ4n) is 8.71. The molecule has 1 aromatic heterocycles. The van der Waals surface area contributed by atoms with Gasteiger partial charge in [-0.1, -0.05) is 108 Å². The average molecular weight is 1160 g/mol. The lowest BCUT2D eigenvalue weighted by Gasteiger charge is -2.29. The summed E-state index contributed by atoms with van der Waals surface area (Å²) < 4.78 is 0. The van der Waals surface area contributed by atoms with Crippen LogP contribution in [-0.4, -0.2) is 146 Å². The number of carbonyl (C=O) groups is 9. The number of aromatic amines is 1. The number of nitrogens with two attached hydrogens (primary N) is 3. The van der Waals surface area contributed by atoms with Gasteiger partial charge in [-0.15, -0.1) is 0 Å². The third kappa shape index (κ3) is 19.8. The van der Waals surface area contributed by atoms with Crippen LogP contribution in [0.25, 0.3) is 21.7 Å². The van der Waals surface area contributed by atoms with Crippen LogP contribution in [-0.2, 0) is 62.4 Å². The van der Waals surface area contributed by atoms with E-state index in [1.165, 1.54) is 19.1 Å². The Morgan fingerprint density at radius 2 is 1.31 bits per heavy atom. The maximum atomic E-state index is 14.9. The van der Waals surface area contributed by atoms with Gasteiger partial charge in [-0.25, -0.2) is 0 Å². The second-order valence-corrected chi connectivity index (χ2v) is 22.5. The van der Waals surface area contributed by atoms with E-state index >= 15 is 0 Å². The van der Waals surface area contributed by atoms with E-state index in [0.29, 0.717) is 24.0 Å². The number of nitrogens with one attached hydrogen (secondary N) is 8. The third-order valence-corrected chi connectivity index (χ3v) is 15.5. The Morgan fingerprint density at radius 1 is 0.716 bits per heavy atom.